The van der Waals surface area contributed by atoms with Crippen LogP contribution in [0, 0.1) is 5.82 Å². The Morgan fingerprint density at radius 2 is 2.13 bits per heavy atom. The van der Waals surface area contributed by atoms with Gasteiger partial charge in [0.15, 0.2) is 0 Å². The lowest BCUT2D eigenvalue weighted by Crippen LogP contribution is -1.99. The number of rotatable bonds is 2. The van der Waals surface area contributed by atoms with Crippen LogP contribution in [0.5, 0.6) is 0 Å². The van der Waals surface area contributed by atoms with E-state index in [1.54, 1.807) is 12.5 Å². The van der Waals surface area contributed by atoms with E-state index in [1.165, 1.54) is 12.1 Å². The molecule has 0 bridgehead atoms. The molecule has 0 spiro atoms. The molecule has 0 atom stereocenters. The Labute approximate surface area is 88.4 Å². The van der Waals surface area contributed by atoms with E-state index in [0.29, 0.717) is 5.92 Å². The molecular weight excluding hydrogens is 191 g/mol. The predicted molar refractivity (Wildman–Crippen MR) is 57.6 cm³/mol. The van der Waals surface area contributed by atoms with E-state index in [1.807, 2.05) is 16.8 Å². The number of nitrogens with zero attached hydrogens (tertiary/aromatic N) is 2. The number of aromatic nitrogens is 2. The number of hydrogen-bond donors (Lipinski definition) is 0. The van der Waals surface area contributed by atoms with Gasteiger partial charge in [0.05, 0.1) is 12.0 Å². The fourth-order valence-electron chi connectivity index (χ4n) is 1.63. The molecule has 0 saturated carbocycles. The maximum Gasteiger partial charge on any atom is 0.125 e. The Bertz CT molecular complexity index is 447. The summed E-state index contributed by atoms with van der Waals surface area (Å²) in [5.41, 5.74) is 1.98. The second-order valence-electron chi connectivity index (χ2n) is 3.83. The lowest BCUT2D eigenvalue weighted by molar-refractivity contribution is 0.624. The van der Waals surface area contributed by atoms with Gasteiger partial charge in [-0.25, -0.2) is 9.37 Å². The van der Waals surface area contributed by atoms with Crippen LogP contribution < -0.4 is 0 Å². The molecule has 2 rings (SSSR count). The van der Waals surface area contributed by atoms with Crippen molar-refractivity contribution in [2.75, 3.05) is 0 Å². The van der Waals surface area contributed by atoms with Crippen molar-refractivity contribution in [2.24, 2.45) is 0 Å². The Morgan fingerprint density at radius 3 is 2.73 bits per heavy atom. The van der Waals surface area contributed by atoms with Gasteiger partial charge in [0.25, 0.3) is 0 Å². The summed E-state index contributed by atoms with van der Waals surface area (Å²) in [4.78, 5) is 3.97. The standard InChI is InChI=1S/C12H13FN2/c1-9(2)11-4-3-10(13)7-12(11)15-6-5-14-8-15/h3-9H,1-2H3. The first-order chi connectivity index (χ1) is 7.18. The third-order valence-electron chi connectivity index (χ3n) is 2.40. The van der Waals surface area contributed by atoms with Crippen molar-refractivity contribution in [1.29, 1.82) is 0 Å². The van der Waals surface area contributed by atoms with Gasteiger partial charge in [-0.1, -0.05) is 19.9 Å². The minimum atomic E-state index is -0.219. The van der Waals surface area contributed by atoms with Crippen LogP contribution in [0.25, 0.3) is 5.69 Å². The highest BCUT2D eigenvalue weighted by Gasteiger charge is 2.08. The van der Waals surface area contributed by atoms with Crippen LogP contribution in [-0.2, 0) is 0 Å². The quantitative estimate of drug-likeness (QED) is 0.734. The van der Waals surface area contributed by atoms with Gasteiger partial charge in [-0.05, 0) is 23.6 Å². The fraction of sp³-hybridized carbons (Fsp3) is 0.250. The number of halogens is 1. The molecule has 0 aliphatic rings. The summed E-state index contributed by atoms with van der Waals surface area (Å²) >= 11 is 0. The Kier molecular flexibility index (Phi) is 2.54. The summed E-state index contributed by atoms with van der Waals surface area (Å²) < 4.78 is 15.0. The number of imidazole rings is 1. The molecule has 2 nitrogen and oxygen atoms in total. The van der Waals surface area contributed by atoms with E-state index in [4.69, 9.17) is 0 Å². The molecule has 1 aromatic heterocycles. The summed E-state index contributed by atoms with van der Waals surface area (Å²) in [6.45, 7) is 4.18. The molecule has 0 radical (unpaired) electrons. The van der Waals surface area contributed by atoms with Crippen molar-refractivity contribution in [1.82, 2.24) is 9.55 Å². The molecule has 0 N–H and O–H groups in total. The van der Waals surface area contributed by atoms with Gasteiger partial charge in [-0.3, -0.25) is 0 Å². The molecule has 78 valence electrons. The van der Waals surface area contributed by atoms with Gasteiger partial charge < -0.3 is 4.57 Å². The Balaban J connectivity index is 2.58. The van der Waals surface area contributed by atoms with Crippen LogP contribution in [0.2, 0.25) is 0 Å². The summed E-state index contributed by atoms with van der Waals surface area (Å²) in [5, 5.41) is 0. The molecule has 15 heavy (non-hydrogen) atoms. The summed E-state index contributed by atoms with van der Waals surface area (Å²) in [5.74, 6) is 0.145. The highest BCUT2D eigenvalue weighted by atomic mass is 19.1. The highest BCUT2D eigenvalue weighted by Crippen LogP contribution is 2.23. The number of benzene rings is 1. The van der Waals surface area contributed by atoms with Crippen LogP contribution in [0.3, 0.4) is 0 Å². The van der Waals surface area contributed by atoms with Crippen molar-refractivity contribution in [2.45, 2.75) is 19.8 Å². The van der Waals surface area contributed by atoms with Gasteiger partial charge in [0.2, 0.25) is 0 Å². The van der Waals surface area contributed by atoms with Crippen molar-refractivity contribution >= 4 is 0 Å². The largest absolute Gasteiger partial charge is 0.306 e. The molecule has 0 amide bonds. The van der Waals surface area contributed by atoms with Crippen molar-refractivity contribution < 1.29 is 4.39 Å². The molecule has 0 unspecified atom stereocenters. The van der Waals surface area contributed by atoms with E-state index in [2.05, 4.69) is 18.8 Å². The van der Waals surface area contributed by atoms with Crippen LogP contribution in [0.1, 0.15) is 25.3 Å². The van der Waals surface area contributed by atoms with E-state index in [-0.39, 0.29) is 5.82 Å². The second-order valence-corrected chi connectivity index (χ2v) is 3.83. The molecular formula is C12H13FN2. The zero-order chi connectivity index (χ0) is 10.8. The van der Waals surface area contributed by atoms with Gasteiger partial charge in [-0.15, -0.1) is 0 Å². The maximum absolute atomic E-state index is 13.2. The second kappa shape index (κ2) is 3.85. The summed E-state index contributed by atoms with van der Waals surface area (Å²) in [6.07, 6.45) is 5.19. The first-order valence-corrected chi connectivity index (χ1v) is 4.96. The lowest BCUT2D eigenvalue weighted by Gasteiger charge is -2.13. The maximum atomic E-state index is 13.2. The number of hydrogen-bond acceptors (Lipinski definition) is 1. The lowest BCUT2D eigenvalue weighted by atomic mass is 10.0. The zero-order valence-electron chi connectivity index (χ0n) is 8.81. The van der Waals surface area contributed by atoms with Crippen molar-refractivity contribution in [3.63, 3.8) is 0 Å². The Hall–Kier alpha value is -1.64. The van der Waals surface area contributed by atoms with Crippen molar-refractivity contribution in [3.05, 3.63) is 48.3 Å². The Morgan fingerprint density at radius 1 is 1.33 bits per heavy atom. The van der Waals surface area contributed by atoms with Gasteiger partial charge in [0.1, 0.15) is 5.82 Å². The molecule has 0 saturated heterocycles. The molecule has 1 heterocycles. The van der Waals surface area contributed by atoms with Crippen molar-refractivity contribution in [3.8, 4) is 5.69 Å². The SMILES string of the molecule is CC(C)c1ccc(F)cc1-n1ccnc1. The zero-order valence-corrected chi connectivity index (χ0v) is 8.81. The van der Waals surface area contributed by atoms with Gasteiger partial charge >= 0.3 is 0 Å². The van der Waals surface area contributed by atoms with E-state index in [0.717, 1.165) is 11.3 Å². The average Bonchev–Trinajstić information content (AvgIpc) is 2.69. The monoisotopic (exact) mass is 204 g/mol. The van der Waals surface area contributed by atoms with E-state index in [9.17, 15) is 4.39 Å². The van der Waals surface area contributed by atoms with Crippen LogP contribution in [0.15, 0.2) is 36.9 Å². The molecule has 1 aromatic carbocycles. The molecule has 0 aliphatic heterocycles. The smallest absolute Gasteiger partial charge is 0.125 e. The first-order valence-electron chi connectivity index (χ1n) is 4.96. The van der Waals surface area contributed by atoms with Crippen LogP contribution >= 0.6 is 0 Å². The molecule has 0 aliphatic carbocycles. The van der Waals surface area contributed by atoms with E-state index < -0.39 is 0 Å². The van der Waals surface area contributed by atoms with Crippen LogP contribution in [0.4, 0.5) is 4.39 Å². The minimum absolute atomic E-state index is 0.219. The molecule has 2 aromatic rings. The average molecular weight is 204 g/mol. The normalized spacial score (nSPS) is 10.9. The third-order valence-corrected chi connectivity index (χ3v) is 2.40. The minimum Gasteiger partial charge on any atom is -0.306 e. The highest BCUT2D eigenvalue weighted by molar-refractivity contribution is 5.43. The first kappa shape index (κ1) is 9.90. The summed E-state index contributed by atoms with van der Waals surface area (Å²) in [7, 11) is 0. The van der Waals surface area contributed by atoms with Gasteiger partial charge in [0, 0.05) is 12.4 Å². The van der Waals surface area contributed by atoms with E-state index >= 15 is 0 Å². The predicted octanol–water partition coefficient (Wildman–Crippen LogP) is 3.13. The topological polar surface area (TPSA) is 17.8 Å². The molecule has 3 heteroatoms. The summed E-state index contributed by atoms with van der Waals surface area (Å²) in [6, 6.07) is 4.86. The van der Waals surface area contributed by atoms with Gasteiger partial charge in [-0.2, -0.15) is 0 Å². The fourth-order valence-corrected chi connectivity index (χ4v) is 1.63. The molecule has 0 fully saturated rings. The third kappa shape index (κ3) is 1.91. The van der Waals surface area contributed by atoms with Crippen LogP contribution in [-0.4, -0.2) is 9.55 Å².